The van der Waals surface area contributed by atoms with Gasteiger partial charge in [-0.15, -0.1) is 0 Å². The van der Waals surface area contributed by atoms with Crippen LogP contribution in [-0.2, 0) is 6.42 Å². The highest BCUT2D eigenvalue weighted by Gasteiger charge is 2.20. The summed E-state index contributed by atoms with van der Waals surface area (Å²) in [6.45, 7) is 4.01. The SMILES string of the molecule is CCCCCCC(C)(O)Cc1cccc(F)c1. The molecule has 1 aromatic rings. The lowest BCUT2D eigenvalue weighted by atomic mass is 9.91. The van der Waals surface area contributed by atoms with Gasteiger partial charge in [0.15, 0.2) is 0 Å². The van der Waals surface area contributed by atoms with Gasteiger partial charge < -0.3 is 5.11 Å². The molecule has 1 N–H and O–H groups in total. The summed E-state index contributed by atoms with van der Waals surface area (Å²) in [4.78, 5) is 0. The molecule has 1 nitrogen and oxygen atoms in total. The average molecular weight is 238 g/mol. The molecule has 0 saturated carbocycles. The number of hydrogen-bond donors (Lipinski definition) is 1. The molecule has 0 spiro atoms. The number of benzene rings is 1. The van der Waals surface area contributed by atoms with E-state index < -0.39 is 5.60 Å². The monoisotopic (exact) mass is 238 g/mol. The topological polar surface area (TPSA) is 20.2 Å². The van der Waals surface area contributed by atoms with Gasteiger partial charge in [0.05, 0.1) is 5.60 Å². The normalized spacial score (nSPS) is 14.6. The molecule has 1 aromatic carbocycles. The first-order valence-corrected chi connectivity index (χ1v) is 6.50. The number of aliphatic hydroxyl groups is 1. The molecule has 1 atom stereocenters. The Kier molecular flexibility index (Phi) is 5.63. The summed E-state index contributed by atoms with van der Waals surface area (Å²) in [6.07, 6.45) is 5.93. The summed E-state index contributed by atoms with van der Waals surface area (Å²) in [6, 6.07) is 6.49. The van der Waals surface area contributed by atoms with Crippen molar-refractivity contribution in [2.45, 2.75) is 58.0 Å². The first kappa shape index (κ1) is 14.2. The minimum absolute atomic E-state index is 0.232. The van der Waals surface area contributed by atoms with E-state index >= 15 is 0 Å². The third-order valence-corrected chi connectivity index (χ3v) is 3.04. The minimum atomic E-state index is -0.721. The highest BCUT2D eigenvalue weighted by Crippen LogP contribution is 2.20. The first-order chi connectivity index (χ1) is 8.03. The Bertz CT molecular complexity index is 333. The summed E-state index contributed by atoms with van der Waals surface area (Å²) in [5.41, 5.74) is 0.145. The third kappa shape index (κ3) is 5.83. The fourth-order valence-electron chi connectivity index (χ4n) is 2.11. The molecule has 0 aliphatic carbocycles. The van der Waals surface area contributed by atoms with E-state index in [1.807, 2.05) is 13.0 Å². The van der Waals surface area contributed by atoms with Crippen molar-refractivity contribution in [1.82, 2.24) is 0 Å². The second-order valence-electron chi connectivity index (χ2n) is 5.11. The third-order valence-electron chi connectivity index (χ3n) is 3.04. The van der Waals surface area contributed by atoms with E-state index in [1.54, 1.807) is 6.07 Å². The fraction of sp³-hybridized carbons (Fsp3) is 0.600. The lowest BCUT2D eigenvalue weighted by Crippen LogP contribution is -2.27. The van der Waals surface area contributed by atoms with Crippen molar-refractivity contribution in [3.8, 4) is 0 Å². The fourth-order valence-corrected chi connectivity index (χ4v) is 2.11. The molecule has 96 valence electrons. The zero-order valence-corrected chi connectivity index (χ0v) is 10.9. The molecule has 2 heteroatoms. The van der Waals surface area contributed by atoms with Crippen molar-refractivity contribution >= 4 is 0 Å². The van der Waals surface area contributed by atoms with Crippen LogP contribution in [0.4, 0.5) is 4.39 Å². The average Bonchev–Trinajstić information content (AvgIpc) is 2.24. The summed E-state index contributed by atoms with van der Waals surface area (Å²) >= 11 is 0. The Morgan fingerprint density at radius 1 is 1.24 bits per heavy atom. The lowest BCUT2D eigenvalue weighted by Gasteiger charge is -2.23. The van der Waals surface area contributed by atoms with E-state index in [-0.39, 0.29) is 5.82 Å². The summed E-state index contributed by atoms with van der Waals surface area (Å²) in [5.74, 6) is -0.232. The number of unbranched alkanes of at least 4 members (excludes halogenated alkanes) is 3. The first-order valence-electron chi connectivity index (χ1n) is 6.50. The molecular formula is C15H23FO. The van der Waals surface area contributed by atoms with Crippen LogP contribution in [0.3, 0.4) is 0 Å². The van der Waals surface area contributed by atoms with Crippen LogP contribution in [-0.4, -0.2) is 10.7 Å². The van der Waals surface area contributed by atoms with Crippen LogP contribution in [0.25, 0.3) is 0 Å². The Labute approximate surface area is 104 Å². The van der Waals surface area contributed by atoms with Crippen molar-refractivity contribution in [2.75, 3.05) is 0 Å². The quantitative estimate of drug-likeness (QED) is 0.709. The number of halogens is 1. The van der Waals surface area contributed by atoms with Crippen LogP contribution in [0.1, 0.15) is 51.5 Å². The van der Waals surface area contributed by atoms with Crippen LogP contribution in [0.5, 0.6) is 0 Å². The van der Waals surface area contributed by atoms with Crippen LogP contribution in [0, 0.1) is 5.82 Å². The van der Waals surface area contributed by atoms with E-state index in [0.29, 0.717) is 6.42 Å². The Balaban J connectivity index is 2.42. The maximum absolute atomic E-state index is 13.0. The molecule has 0 aromatic heterocycles. The maximum atomic E-state index is 13.0. The van der Waals surface area contributed by atoms with Crippen LogP contribution < -0.4 is 0 Å². The van der Waals surface area contributed by atoms with Gasteiger partial charge in [-0.3, -0.25) is 0 Å². The van der Waals surface area contributed by atoms with E-state index in [2.05, 4.69) is 6.92 Å². The van der Waals surface area contributed by atoms with Gasteiger partial charge in [-0.1, -0.05) is 44.7 Å². The van der Waals surface area contributed by atoms with Crippen molar-refractivity contribution in [1.29, 1.82) is 0 Å². The van der Waals surface area contributed by atoms with Gasteiger partial charge in [0.2, 0.25) is 0 Å². The van der Waals surface area contributed by atoms with Gasteiger partial charge in [0.25, 0.3) is 0 Å². The lowest BCUT2D eigenvalue weighted by molar-refractivity contribution is 0.0484. The van der Waals surface area contributed by atoms with Crippen molar-refractivity contribution < 1.29 is 9.50 Å². The van der Waals surface area contributed by atoms with Gasteiger partial charge in [-0.25, -0.2) is 4.39 Å². The zero-order chi connectivity index (χ0) is 12.7. The van der Waals surface area contributed by atoms with Gasteiger partial charge in [-0.05, 0) is 31.0 Å². The number of rotatable bonds is 7. The second kappa shape index (κ2) is 6.75. The highest BCUT2D eigenvalue weighted by molar-refractivity contribution is 5.18. The molecular weight excluding hydrogens is 215 g/mol. The molecule has 0 aliphatic rings. The standard InChI is InChI=1S/C15H23FO/c1-3-4-5-6-10-15(2,17)12-13-8-7-9-14(16)11-13/h7-9,11,17H,3-6,10,12H2,1-2H3. The maximum Gasteiger partial charge on any atom is 0.123 e. The van der Waals surface area contributed by atoms with Gasteiger partial charge in [0, 0.05) is 6.42 Å². The van der Waals surface area contributed by atoms with E-state index in [4.69, 9.17) is 0 Å². The van der Waals surface area contributed by atoms with Gasteiger partial charge >= 0.3 is 0 Å². The summed E-state index contributed by atoms with van der Waals surface area (Å²) in [5, 5.41) is 10.2. The van der Waals surface area contributed by atoms with Gasteiger partial charge in [-0.2, -0.15) is 0 Å². The molecule has 0 aliphatic heterocycles. The van der Waals surface area contributed by atoms with Crippen LogP contribution >= 0.6 is 0 Å². The molecule has 0 amide bonds. The number of hydrogen-bond acceptors (Lipinski definition) is 1. The van der Waals surface area contributed by atoms with Crippen LogP contribution in [0.15, 0.2) is 24.3 Å². The van der Waals surface area contributed by atoms with Crippen LogP contribution in [0.2, 0.25) is 0 Å². The van der Waals surface area contributed by atoms with E-state index in [1.165, 1.54) is 25.0 Å². The second-order valence-corrected chi connectivity index (χ2v) is 5.11. The molecule has 0 heterocycles. The predicted molar refractivity (Wildman–Crippen MR) is 69.5 cm³/mol. The van der Waals surface area contributed by atoms with E-state index in [9.17, 15) is 9.50 Å². The van der Waals surface area contributed by atoms with Crippen molar-refractivity contribution in [3.63, 3.8) is 0 Å². The molecule has 1 rings (SSSR count). The Morgan fingerprint density at radius 2 is 2.00 bits per heavy atom. The summed E-state index contributed by atoms with van der Waals surface area (Å²) < 4.78 is 13.0. The Hall–Kier alpha value is -0.890. The van der Waals surface area contributed by atoms with Crippen molar-refractivity contribution in [2.24, 2.45) is 0 Å². The highest BCUT2D eigenvalue weighted by atomic mass is 19.1. The van der Waals surface area contributed by atoms with Crippen molar-refractivity contribution in [3.05, 3.63) is 35.6 Å². The molecule has 0 bridgehead atoms. The molecule has 0 fully saturated rings. The van der Waals surface area contributed by atoms with E-state index in [0.717, 1.165) is 24.8 Å². The minimum Gasteiger partial charge on any atom is -0.390 e. The largest absolute Gasteiger partial charge is 0.390 e. The molecule has 0 radical (unpaired) electrons. The smallest absolute Gasteiger partial charge is 0.123 e. The Morgan fingerprint density at radius 3 is 2.65 bits per heavy atom. The molecule has 17 heavy (non-hydrogen) atoms. The van der Waals surface area contributed by atoms with Gasteiger partial charge in [0.1, 0.15) is 5.82 Å². The molecule has 1 unspecified atom stereocenters. The molecule has 0 saturated heterocycles. The predicted octanol–water partition coefficient (Wildman–Crippen LogP) is 4.09. The summed E-state index contributed by atoms with van der Waals surface area (Å²) in [7, 11) is 0. The zero-order valence-electron chi connectivity index (χ0n) is 10.9.